The molecule has 0 aliphatic heterocycles. The molecule has 1 N–H and O–H groups in total. The molecule has 112 valence electrons. The van der Waals surface area contributed by atoms with Gasteiger partial charge >= 0.3 is 0 Å². The van der Waals surface area contributed by atoms with Crippen LogP contribution in [-0.4, -0.2) is 20.3 Å². The SMILES string of the molecule is COCCNCc1cccc(F)c1Oc1cccc(I)c1. The van der Waals surface area contributed by atoms with E-state index in [1.807, 2.05) is 30.3 Å². The number of methoxy groups -OCH3 is 1. The third-order valence-corrected chi connectivity index (χ3v) is 3.53. The molecule has 0 unspecified atom stereocenters. The Morgan fingerprint density at radius 2 is 2.00 bits per heavy atom. The van der Waals surface area contributed by atoms with Gasteiger partial charge in [0.1, 0.15) is 5.75 Å². The van der Waals surface area contributed by atoms with Crippen molar-refractivity contribution in [1.82, 2.24) is 5.32 Å². The molecule has 2 rings (SSSR count). The van der Waals surface area contributed by atoms with Gasteiger partial charge in [0, 0.05) is 29.3 Å². The third kappa shape index (κ3) is 4.94. The summed E-state index contributed by atoms with van der Waals surface area (Å²) < 4.78 is 25.8. The van der Waals surface area contributed by atoms with E-state index >= 15 is 0 Å². The molecule has 0 bridgehead atoms. The lowest BCUT2D eigenvalue weighted by molar-refractivity contribution is 0.199. The highest BCUT2D eigenvalue weighted by atomic mass is 127. The Labute approximate surface area is 137 Å². The molecule has 0 aliphatic carbocycles. The fourth-order valence-corrected chi connectivity index (χ4v) is 2.37. The number of ether oxygens (including phenoxy) is 2. The largest absolute Gasteiger partial charge is 0.454 e. The molecule has 0 fully saturated rings. The highest BCUT2D eigenvalue weighted by molar-refractivity contribution is 14.1. The van der Waals surface area contributed by atoms with Gasteiger partial charge in [0.15, 0.2) is 11.6 Å². The van der Waals surface area contributed by atoms with Crippen LogP contribution in [0.15, 0.2) is 42.5 Å². The van der Waals surface area contributed by atoms with Crippen LogP contribution in [0, 0.1) is 9.39 Å². The lowest BCUT2D eigenvalue weighted by Crippen LogP contribution is -2.19. The summed E-state index contributed by atoms with van der Waals surface area (Å²) in [5.74, 6) is 0.537. The molecule has 0 heterocycles. The van der Waals surface area contributed by atoms with Gasteiger partial charge in [-0.2, -0.15) is 0 Å². The maximum atomic E-state index is 14.0. The molecule has 0 saturated carbocycles. The Morgan fingerprint density at radius 1 is 1.19 bits per heavy atom. The number of para-hydroxylation sites is 1. The number of rotatable bonds is 7. The molecule has 0 aliphatic rings. The van der Waals surface area contributed by atoms with Crippen molar-refractivity contribution in [1.29, 1.82) is 0 Å². The van der Waals surface area contributed by atoms with E-state index in [0.29, 0.717) is 25.4 Å². The Kier molecular flexibility index (Phi) is 6.41. The molecular formula is C16H17FINO2. The quantitative estimate of drug-likeness (QED) is 0.563. The van der Waals surface area contributed by atoms with Crippen LogP contribution in [0.4, 0.5) is 4.39 Å². The van der Waals surface area contributed by atoms with E-state index < -0.39 is 0 Å². The molecule has 0 aromatic heterocycles. The van der Waals surface area contributed by atoms with Gasteiger partial charge in [-0.1, -0.05) is 18.2 Å². The van der Waals surface area contributed by atoms with E-state index in [9.17, 15) is 4.39 Å². The van der Waals surface area contributed by atoms with Crippen LogP contribution in [0.2, 0.25) is 0 Å². The third-order valence-electron chi connectivity index (χ3n) is 2.86. The Hall–Kier alpha value is -1.18. The van der Waals surface area contributed by atoms with E-state index in [2.05, 4.69) is 27.9 Å². The molecule has 0 saturated heterocycles. The smallest absolute Gasteiger partial charge is 0.167 e. The maximum Gasteiger partial charge on any atom is 0.167 e. The van der Waals surface area contributed by atoms with Crippen molar-refractivity contribution in [2.24, 2.45) is 0 Å². The molecular weight excluding hydrogens is 384 g/mol. The number of nitrogens with one attached hydrogen (secondary N) is 1. The van der Waals surface area contributed by atoms with Gasteiger partial charge in [-0.25, -0.2) is 4.39 Å². The van der Waals surface area contributed by atoms with Crippen LogP contribution in [0.5, 0.6) is 11.5 Å². The average molecular weight is 401 g/mol. The molecule has 2 aromatic rings. The molecule has 0 atom stereocenters. The summed E-state index contributed by atoms with van der Waals surface area (Å²) in [6.07, 6.45) is 0. The first-order valence-electron chi connectivity index (χ1n) is 6.61. The van der Waals surface area contributed by atoms with Crippen molar-refractivity contribution < 1.29 is 13.9 Å². The Balaban J connectivity index is 2.13. The molecule has 5 heteroatoms. The first-order chi connectivity index (χ1) is 10.2. The van der Waals surface area contributed by atoms with Crippen LogP contribution in [-0.2, 0) is 11.3 Å². The lowest BCUT2D eigenvalue weighted by atomic mass is 10.2. The number of hydrogen-bond donors (Lipinski definition) is 1. The molecule has 2 aromatic carbocycles. The van der Waals surface area contributed by atoms with Crippen LogP contribution < -0.4 is 10.1 Å². The normalized spacial score (nSPS) is 10.6. The highest BCUT2D eigenvalue weighted by Gasteiger charge is 2.11. The van der Waals surface area contributed by atoms with Crippen molar-refractivity contribution in [3.8, 4) is 11.5 Å². The van der Waals surface area contributed by atoms with Gasteiger partial charge < -0.3 is 14.8 Å². The van der Waals surface area contributed by atoms with Gasteiger partial charge in [0.25, 0.3) is 0 Å². The predicted molar refractivity (Wildman–Crippen MR) is 89.2 cm³/mol. The zero-order valence-electron chi connectivity index (χ0n) is 11.7. The van der Waals surface area contributed by atoms with Gasteiger partial charge in [0.2, 0.25) is 0 Å². The molecule has 0 spiro atoms. The monoisotopic (exact) mass is 401 g/mol. The summed E-state index contributed by atoms with van der Waals surface area (Å²) in [6, 6.07) is 12.5. The van der Waals surface area contributed by atoms with Gasteiger partial charge in [0.05, 0.1) is 6.61 Å². The van der Waals surface area contributed by atoms with E-state index in [0.717, 1.165) is 9.13 Å². The fourth-order valence-electron chi connectivity index (χ4n) is 1.85. The van der Waals surface area contributed by atoms with Crippen LogP contribution in [0.3, 0.4) is 0 Å². The molecule has 3 nitrogen and oxygen atoms in total. The summed E-state index contributed by atoms with van der Waals surface area (Å²) in [5, 5.41) is 3.19. The van der Waals surface area contributed by atoms with Crippen LogP contribution >= 0.6 is 22.6 Å². The van der Waals surface area contributed by atoms with Crippen molar-refractivity contribution in [3.63, 3.8) is 0 Å². The first kappa shape index (κ1) is 16.2. The van der Waals surface area contributed by atoms with E-state index in [-0.39, 0.29) is 11.6 Å². The zero-order chi connectivity index (χ0) is 15.1. The Morgan fingerprint density at radius 3 is 2.76 bits per heavy atom. The van der Waals surface area contributed by atoms with Crippen LogP contribution in [0.25, 0.3) is 0 Å². The number of benzene rings is 2. The number of halogens is 2. The highest BCUT2D eigenvalue weighted by Crippen LogP contribution is 2.29. The fraction of sp³-hybridized carbons (Fsp3) is 0.250. The first-order valence-corrected chi connectivity index (χ1v) is 7.69. The van der Waals surface area contributed by atoms with E-state index in [1.165, 1.54) is 6.07 Å². The van der Waals surface area contributed by atoms with Crippen molar-refractivity contribution in [2.45, 2.75) is 6.54 Å². The summed E-state index contributed by atoms with van der Waals surface area (Å²) in [6.45, 7) is 1.85. The van der Waals surface area contributed by atoms with E-state index in [1.54, 1.807) is 13.2 Å². The zero-order valence-corrected chi connectivity index (χ0v) is 13.9. The van der Waals surface area contributed by atoms with Gasteiger partial charge in [-0.3, -0.25) is 0 Å². The minimum atomic E-state index is -0.361. The standard InChI is InChI=1S/C16H17FINO2/c1-20-9-8-19-11-12-4-2-7-15(17)16(12)21-14-6-3-5-13(18)10-14/h2-7,10,19H,8-9,11H2,1H3. The minimum Gasteiger partial charge on any atom is -0.454 e. The van der Waals surface area contributed by atoms with Gasteiger partial charge in [-0.05, 0) is 46.9 Å². The maximum absolute atomic E-state index is 14.0. The van der Waals surface area contributed by atoms with Crippen LogP contribution in [0.1, 0.15) is 5.56 Å². The van der Waals surface area contributed by atoms with Crippen molar-refractivity contribution >= 4 is 22.6 Å². The van der Waals surface area contributed by atoms with Gasteiger partial charge in [-0.15, -0.1) is 0 Å². The van der Waals surface area contributed by atoms with E-state index in [4.69, 9.17) is 9.47 Å². The minimum absolute atomic E-state index is 0.268. The second-order valence-electron chi connectivity index (χ2n) is 4.46. The lowest BCUT2D eigenvalue weighted by Gasteiger charge is -2.13. The van der Waals surface area contributed by atoms with Crippen molar-refractivity contribution in [2.75, 3.05) is 20.3 Å². The Bertz CT molecular complexity index is 592. The second-order valence-corrected chi connectivity index (χ2v) is 5.70. The summed E-state index contributed by atoms with van der Waals surface area (Å²) in [4.78, 5) is 0. The topological polar surface area (TPSA) is 30.5 Å². The second kappa shape index (κ2) is 8.31. The van der Waals surface area contributed by atoms with Crippen molar-refractivity contribution in [3.05, 3.63) is 57.4 Å². The molecule has 0 radical (unpaired) electrons. The number of hydrogen-bond acceptors (Lipinski definition) is 3. The average Bonchev–Trinajstić information content (AvgIpc) is 2.47. The summed E-state index contributed by atoms with van der Waals surface area (Å²) >= 11 is 2.20. The predicted octanol–water partition coefficient (Wildman–Crippen LogP) is 3.96. The summed E-state index contributed by atoms with van der Waals surface area (Å²) in [7, 11) is 1.65. The molecule has 21 heavy (non-hydrogen) atoms. The summed E-state index contributed by atoms with van der Waals surface area (Å²) in [5.41, 5.74) is 0.782. The molecule has 0 amide bonds.